The van der Waals surface area contributed by atoms with E-state index in [1.165, 1.54) is 0 Å². The molecule has 1 fully saturated rings. The van der Waals surface area contributed by atoms with Crippen LogP contribution in [0.1, 0.15) is 47.9 Å². The summed E-state index contributed by atoms with van der Waals surface area (Å²) < 4.78 is 5.53. The number of carbonyl (C=O) groups is 1. The SMILES string of the molecule is CC.COc1cc(C(=O)N2CC(O)CC2c2ccc3c(C)[nH]nc3c2)ccc1-c1cn[nH]c1. The van der Waals surface area contributed by atoms with Crippen LogP contribution in [0.25, 0.3) is 22.0 Å². The van der Waals surface area contributed by atoms with E-state index >= 15 is 0 Å². The van der Waals surface area contributed by atoms with E-state index in [0.29, 0.717) is 17.7 Å². The quantitative estimate of drug-likeness (QED) is 0.434. The first kappa shape index (κ1) is 22.5. The number of fused-ring (bicyclic) bond motifs is 1. The molecule has 0 saturated carbocycles. The van der Waals surface area contributed by atoms with Gasteiger partial charge in [-0.15, -0.1) is 0 Å². The molecule has 2 unspecified atom stereocenters. The molecule has 5 rings (SSSR count). The third kappa shape index (κ3) is 4.21. The number of aliphatic hydroxyl groups is 1. The zero-order chi connectivity index (χ0) is 23.5. The van der Waals surface area contributed by atoms with Crippen molar-refractivity contribution >= 4 is 16.8 Å². The molecule has 4 aromatic rings. The van der Waals surface area contributed by atoms with Crippen LogP contribution >= 0.6 is 0 Å². The molecule has 1 aliphatic rings. The fraction of sp³-hybridized carbons (Fsp3) is 0.320. The number of aromatic nitrogens is 4. The summed E-state index contributed by atoms with van der Waals surface area (Å²) in [6.45, 7) is 6.26. The van der Waals surface area contributed by atoms with Crippen LogP contribution in [0.2, 0.25) is 0 Å². The molecule has 1 aliphatic heterocycles. The Labute approximate surface area is 192 Å². The maximum Gasteiger partial charge on any atom is 0.254 e. The number of aromatic amines is 2. The van der Waals surface area contributed by atoms with Gasteiger partial charge in [-0.1, -0.05) is 26.0 Å². The number of benzene rings is 2. The van der Waals surface area contributed by atoms with Gasteiger partial charge in [-0.05, 0) is 43.2 Å². The molecule has 3 N–H and O–H groups in total. The van der Waals surface area contributed by atoms with E-state index in [4.69, 9.17) is 4.74 Å². The average molecular weight is 448 g/mol. The standard InChI is InChI=1S/C23H23N5O3.C2H6/c1-13-18-5-3-14(7-20(18)27-26-13)21-9-17(29)12-28(21)23(30)15-4-6-19(22(8-15)31-2)16-10-24-25-11-16;1-2/h3-8,10-11,17,21,29H,9,12H2,1-2H3,(H,24,25)(H,26,27);1-2H3. The third-order valence-corrected chi connectivity index (χ3v) is 5.95. The summed E-state index contributed by atoms with van der Waals surface area (Å²) in [6, 6.07) is 11.2. The number of carbonyl (C=O) groups excluding carboxylic acids is 1. The molecule has 2 aromatic heterocycles. The first-order valence-electron chi connectivity index (χ1n) is 11.2. The second-order valence-electron chi connectivity index (χ2n) is 7.89. The molecule has 0 radical (unpaired) electrons. The van der Waals surface area contributed by atoms with Gasteiger partial charge in [0.1, 0.15) is 5.75 Å². The van der Waals surface area contributed by atoms with Gasteiger partial charge in [0.2, 0.25) is 0 Å². The molecular formula is C25H29N5O3. The largest absolute Gasteiger partial charge is 0.496 e. The number of ether oxygens (including phenoxy) is 1. The number of hydrogen-bond acceptors (Lipinski definition) is 5. The minimum atomic E-state index is -0.572. The number of H-pyrrole nitrogens is 2. The number of nitrogens with zero attached hydrogens (tertiary/aromatic N) is 3. The lowest BCUT2D eigenvalue weighted by Crippen LogP contribution is -2.31. The highest BCUT2D eigenvalue weighted by Crippen LogP contribution is 2.36. The number of rotatable bonds is 4. The van der Waals surface area contributed by atoms with E-state index < -0.39 is 6.10 Å². The number of likely N-dealkylation sites (tertiary alicyclic amines) is 1. The molecule has 2 aromatic carbocycles. The number of aryl methyl sites for hydroxylation is 1. The Kier molecular flexibility index (Phi) is 6.46. The first-order valence-corrected chi connectivity index (χ1v) is 11.2. The Morgan fingerprint density at radius 1 is 1.21 bits per heavy atom. The van der Waals surface area contributed by atoms with Gasteiger partial charge >= 0.3 is 0 Å². The lowest BCUT2D eigenvalue weighted by atomic mass is 10.0. The van der Waals surface area contributed by atoms with Crippen LogP contribution in [-0.2, 0) is 0 Å². The van der Waals surface area contributed by atoms with Crippen LogP contribution in [0.3, 0.4) is 0 Å². The second kappa shape index (κ2) is 9.46. The van der Waals surface area contributed by atoms with Crippen LogP contribution in [0.5, 0.6) is 5.75 Å². The van der Waals surface area contributed by atoms with E-state index in [2.05, 4.69) is 20.4 Å². The smallest absolute Gasteiger partial charge is 0.254 e. The fourth-order valence-corrected chi connectivity index (χ4v) is 4.35. The van der Waals surface area contributed by atoms with Crippen LogP contribution < -0.4 is 4.74 Å². The fourth-order valence-electron chi connectivity index (χ4n) is 4.35. The first-order chi connectivity index (χ1) is 16.0. The van der Waals surface area contributed by atoms with Gasteiger partial charge in [0.15, 0.2) is 0 Å². The van der Waals surface area contributed by atoms with Crippen LogP contribution in [0, 0.1) is 6.92 Å². The van der Waals surface area contributed by atoms with E-state index in [0.717, 1.165) is 33.3 Å². The number of amides is 1. The topological polar surface area (TPSA) is 107 Å². The monoisotopic (exact) mass is 447 g/mol. The van der Waals surface area contributed by atoms with Crippen molar-refractivity contribution in [3.8, 4) is 16.9 Å². The molecule has 0 aliphatic carbocycles. The highest BCUT2D eigenvalue weighted by molar-refractivity contribution is 5.96. The Hall–Kier alpha value is -3.65. The van der Waals surface area contributed by atoms with Crippen LogP contribution in [0.15, 0.2) is 48.8 Å². The van der Waals surface area contributed by atoms with Crippen LogP contribution in [0.4, 0.5) is 0 Å². The van der Waals surface area contributed by atoms with E-state index in [-0.39, 0.29) is 18.5 Å². The summed E-state index contributed by atoms with van der Waals surface area (Å²) in [5, 5.41) is 25.5. The zero-order valence-corrected chi connectivity index (χ0v) is 19.3. The Morgan fingerprint density at radius 2 is 2.03 bits per heavy atom. The van der Waals surface area contributed by atoms with Crippen molar-refractivity contribution in [2.24, 2.45) is 0 Å². The van der Waals surface area contributed by atoms with Crippen molar-refractivity contribution in [3.05, 3.63) is 65.6 Å². The molecule has 172 valence electrons. The zero-order valence-electron chi connectivity index (χ0n) is 19.3. The number of aliphatic hydroxyl groups excluding tert-OH is 1. The van der Waals surface area contributed by atoms with Crippen LogP contribution in [-0.4, -0.2) is 56.1 Å². The van der Waals surface area contributed by atoms with E-state index in [1.54, 1.807) is 36.5 Å². The van der Waals surface area contributed by atoms with Gasteiger partial charge in [0.05, 0.1) is 31.0 Å². The number of hydrogen-bond donors (Lipinski definition) is 3. The number of nitrogens with one attached hydrogen (secondary N) is 2. The van der Waals surface area contributed by atoms with Gasteiger partial charge < -0.3 is 14.7 Å². The lowest BCUT2D eigenvalue weighted by molar-refractivity contribution is 0.0715. The van der Waals surface area contributed by atoms with Crippen molar-refractivity contribution in [3.63, 3.8) is 0 Å². The number of β-amino-alcohol motifs (C(OH)–C–C–N with tert-alkyl or cyclic N) is 1. The molecule has 0 bridgehead atoms. The minimum Gasteiger partial charge on any atom is -0.496 e. The Balaban J connectivity index is 0.00000126. The van der Waals surface area contributed by atoms with Crippen molar-refractivity contribution in [2.45, 2.75) is 39.3 Å². The maximum atomic E-state index is 13.4. The predicted molar refractivity (Wildman–Crippen MR) is 127 cm³/mol. The van der Waals surface area contributed by atoms with Gasteiger partial charge in [0.25, 0.3) is 5.91 Å². The average Bonchev–Trinajstić information content (AvgIpc) is 3.60. The predicted octanol–water partition coefficient (Wildman–Crippen LogP) is 4.24. The second-order valence-corrected chi connectivity index (χ2v) is 7.89. The van der Waals surface area contributed by atoms with Crippen molar-refractivity contribution in [1.29, 1.82) is 0 Å². The maximum absolute atomic E-state index is 13.4. The summed E-state index contributed by atoms with van der Waals surface area (Å²) >= 11 is 0. The third-order valence-electron chi connectivity index (χ3n) is 5.95. The lowest BCUT2D eigenvalue weighted by Gasteiger charge is -2.25. The van der Waals surface area contributed by atoms with E-state index in [1.807, 2.05) is 45.0 Å². The Morgan fingerprint density at radius 3 is 2.76 bits per heavy atom. The molecule has 3 heterocycles. The molecule has 1 saturated heterocycles. The minimum absolute atomic E-state index is 0.142. The molecule has 1 amide bonds. The molecule has 8 nitrogen and oxygen atoms in total. The summed E-state index contributed by atoms with van der Waals surface area (Å²) in [7, 11) is 1.58. The van der Waals surface area contributed by atoms with Crippen molar-refractivity contribution in [1.82, 2.24) is 25.3 Å². The normalized spacial score (nSPS) is 17.7. The summed E-state index contributed by atoms with van der Waals surface area (Å²) in [5.74, 6) is 0.453. The number of methoxy groups -OCH3 is 1. The van der Waals surface area contributed by atoms with Crippen molar-refractivity contribution in [2.75, 3.05) is 13.7 Å². The molecule has 2 atom stereocenters. The van der Waals surface area contributed by atoms with Crippen molar-refractivity contribution < 1.29 is 14.6 Å². The van der Waals surface area contributed by atoms with Gasteiger partial charge in [0, 0.05) is 40.5 Å². The van der Waals surface area contributed by atoms with Gasteiger partial charge in [-0.2, -0.15) is 10.2 Å². The van der Waals surface area contributed by atoms with E-state index in [9.17, 15) is 9.90 Å². The molecule has 8 heteroatoms. The summed E-state index contributed by atoms with van der Waals surface area (Å²) in [4.78, 5) is 15.2. The molecule has 0 spiro atoms. The molecular weight excluding hydrogens is 418 g/mol. The van der Waals surface area contributed by atoms with Gasteiger partial charge in [-0.3, -0.25) is 15.0 Å². The van der Waals surface area contributed by atoms with Gasteiger partial charge in [-0.25, -0.2) is 0 Å². The summed E-state index contributed by atoms with van der Waals surface area (Å²) in [5.41, 5.74) is 5.07. The Bertz CT molecular complexity index is 1250. The highest BCUT2D eigenvalue weighted by atomic mass is 16.5. The molecule has 33 heavy (non-hydrogen) atoms. The summed E-state index contributed by atoms with van der Waals surface area (Å²) in [6.07, 6.45) is 3.40. The highest BCUT2D eigenvalue weighted by Gasteiger charge is 2.36.